The number of allylic oxidation sites excluding steroid dienone is 4. The molecule has 4 aromatic carbocycles. The van der Waals surface area contributed by atoms with Crippen molar-refractivity contribution in [1.82, 2.24) is 0 Å². The first-order valence-corrected chi connectivity index (χ1v) is 12.0. The zero-order valence-electron chi connectivity index (χ0n) is 20.4. The summed E-state index contributed by atoms with van der Waals surface area (Å²) in [4.78, 5) is 17.0. The molecule has 0 unspecified atom stereocenters. The van der Waals surface area contributed by atoms with Crippen LogP contribution >= 0.6 is 0 Å². The van der Waals surface area contributed by atoms with Gasteiger partial charge < -0.3 is 4.74 Å². The number of esters is 1. The van der Waals surface area contributed by atoms with Crippen molar-refractivity contribution < 1.29 is 9.53 Å². The number of benzene rings is 4. The zero-order chi connectivity index (χ0) is 25.5. The van der Waals surface area contributed by atoms with Gasteiger partial charge in [0, 0.05) is 6.21 Å². The van der Waals surface area contributed by atoms with E-state index >= 15 is 0 Å². The van der Waals surface area contributed by atoms with Gasteiger partial charge in [0.2, 0.25) is 0 Å². The van der Waals surface area contributed by atoms with Crippen LogP contribution in [0.4, 0.5) is 17.1 Å². The quantitative estimate of drug-likeness (QED) is 0.114. The second-order valence-corrected chi connectivity index (χ2v) is 8.67. The molecular formula is C32H25N3O2. The third-order valence-corrected chi connectivity index (χ3v) is 5.88. The predicted molar refractivity (Wildman–Crippen MR) is 149 cm³/mol. The third kappa shape index (κ3) is 6.41. The maximum Gasteiger partial charge on any atom is 0.343 e. The molecule has 1 aliphatic carbocycles. The number of hydrogen-bond donors (Lipinski definition) is 0. The Morgan fingerprint density at radius 1 is 0.757 bits per heavy atom. The summed E-state index contributed by atoms with van der Waals surface area (Å²) in [5, 5.41) is 8.52. The van der Waals surface area contributed by atoms with E-state index in [1.54, 1.807) is 30.5 Å². The molecule has 180 valence electrons. The van der Waals surface area contributed by atoms with Crippen molar-refractivity contribution in [2.45, 2.75) is 13.3 Å². The van der Waals surface area contributed by atoms with Gasteiger partial charge in [-0.2, -0.15) is 10.2 Å². The normalized spacial score (nSPS) is 12.8. The highest BCUT2D eigenvalue weighted by molar-refractivity contribution is 5.91. The van der Waals surface area contributed by atoms with E-state index in [9.17, 15) is 4.79 Å². The summed E-state index contributed by atoms with van der Waals surface area (Å²) in [5.41, 5.74) is 7.34. The molecule has 0 aromatic heterocycles. The monoisotopic (exact) mass is 483 g/mol. The van der Waals surface area contributed by atoms with Crippen molar-refractivity contribution in [3.63, 3.8) is 0 Å². The number of aryl methyl sites for hydroxylation is 1. The highest BCUT2D eigenvalue weighted by atomic mass is 16.5. The van der Waals surface area contributed by atoms with E-state index in [1.165, 1.54) is 11.1 Å². The van der Waals surface area contributed by atoms with Crippen LogP contribution in [0.2, 0.25) is 0 Å². The van der Waals surface area contributed by atoms with Crippen molar-refractivity contribution in [3.8, 4) is 5.75 Å². The molecule has 0 atom stereocenters. The van der Waals surface area contributed by atoms with Crippen LogP contribution in [-0.2, 0) is 0 Å². The molecule has 0 saturated heterocycles. The molecule has 0 radical (unpaired) electrons. The van der Waals surface area contributed by atoms with E-state index in [0.717, 1.165) is 34.6 Å². The van der Waals surface area contributed by atoms with Crippen LogP contribution in [0.15, 0.2) is 131 Å². The van der Waals surface area contributed by atoms with Crippen LogP contribution in [0, 0.1) is 6.92 Å². The molecule has 0 spiro atoms. The van der Waals surface area contributed by atoms with E-state index < -0.39 is 0 Å². The number of hydrogen-bond acceptors (Lipinski definition) is 5. The Balaban J connectivity index is 1.15. The van der Waals surface area contributed by atoms with Gasteiger partial charge in [0.15, 0.2) is 0 Å². The van der Waals surface area contributed by atoms with Crippen LogP contribution < -0.4 is 4.74 Å². The average Bonchev–Trinajstić information content (AvgIpc) is 3.48. The van der Waals surface area contributed by atoms with Crippen molar-refractivity contribution in [2.24, 2.45) is 15.2 Å². The highest BCUT2D eigenvalue weighted by Gasteiger charge is 2.10. The number of carbonyl (C=O) groups excluding carboxylic acids is 1. The first-order valence-electron chi connectivity index (χ1n) is 12.0. The molecule has 37 heavy (non-hydrogen) atoms. The number of azo groups is 1. The number of ether oxygens (including phenoxy) is 1. The largest absolute Gasteiger partial charge is 0.423 e. The average molecular weight is 484 g/mol. The topological polar surface area (TPSA) is 63.4 Å². The molecule has 1 aliphatic rings. The first kappa shape index (κ1) is 23.8. The Morgan fingerprint density at radius 3 is 2.00 bits per heavy atom. The minimum absolute atomic E-state index is 0.383. The van der Waals surface area contributed by atoms with Crippen molar-refractivity contribution in [3.05, 3.63) is 138 Å². The van der Waals surface area contributed by atoms with Gasteiger partial charge in [-0.25, -0.2) is 4.79 Å². The summed E-state index contributed by atoms with van der Waals surface area (Å²) in [6.07, 6.45) is 8.93. The van der Waals surface area contributed by atoms with E-state index in [4.69, 9.17) is 4.74 Å². The summed E-state index contributed by atoms with van der Waals surface area (Å²) >= 11 is 0. The lowest BCUT2D eigenvalue weighted by Gasteiger charge is -2.06. The summed E-state index contributed by atoms with van der Waals surface area (Å²) < 4.78 is 5.53. The molecule has 0 N–H and O–H groups in total. The van der Waals surface area contributed by atoms with Gasteiger partial charge in [-0.15, -0.1) is 0 Å². The zero-order valence-corrected chi connectivity index (χ0v) is 20.4. The minimum atomic E-state index is -0.383. The Bertz CT molecular complexity index is 1490. The smallest absolute Gasteiger partial charge is 0.343 e. The Kier molecular flexibility index (Phi) is 7.23. The molecular weight excluding hydrogens is 458 g/mol. The van der Waals surface area contributed by atoms with Crippen molar-refractivity contribution in [1.29, 1.82) is 0 Å². The van der Waals surface area contributed by atoms with Crippen LogP contribution in [0.25, 0.3) is 5.57 Å². The van der Waals surface area contributed by atoms with Crippen LogP contribution in [0.1, 0.15) is 33.5 Å². The van der Waals surface area contributed by atoms with E-state index in [-0.39, 0.29) is 5.97 Å². The molecule has 0 bridgehead atoms. The Hall–Kier alpha value is -4.90. The van der Waals surface area contributed by atoms with Gasteiger partial charge in [0.25, 0.3) is 0 Å². The fraction of sp³-hybridized carbons (Fsp3) is 0.0625. The molecule has 5 rings (SSSR count). The Morgan fingerprint density at radius 2 is 1.38 bits per heavy atom. The van der Waals surface area contributed by atoms with Gasteiger partial charge in [-0.1, -0.05) is 48.1 Å². The lowest BCUT2D eigenvalue weighted by molar-refractivity contribution is 0.0734. The van der Waals surface area contributed by atoms with Gasteiger partial charge >= 0.3 is 5.97 Å². The number of rotatable bonds is 7. The van der Waals surface area contributed by atoms with Crippen molar-refractivity contribution in [2.75, 3.05) is 0 Å². The SMILES string of the molecule is Cc1ccc(N=Nc2ccc(N=Cc3ccc(OC(=O)c4ccc(C5=CC=CC5)cc4)cc3)cc2)cc1. The fourth-order valence-electron chi connectivity index (χ4n) is 3.75. The molecule has 0 fully saturated rings. The predicted octanol–water partition coefficient (Wildman–Crippen LogP) is 8.72. The van der Waals surface area contributed by atoms with Gasteiger partial charge in [0.1, 0.15) is 5.75 Å². The van der Waals surface area contributed by atoms with Crippen LogP contribution in [0.3, 0.4) is 0 Å². The van der Waals surface area contributed by atoms with Crippen LogP contribution in [-0.4, -0.2) is 12.2 Å². The summed E-state index contributed by atoms with van der Waals surface area (Å²) in [6.45, 7) is 2.04. The van der Waals surface area contributed by atoms with Crippen molar-refractivity contribution >= 4 is 34.8 Å². The van der Waals surface area contributed by atoms with Gasteiger partial charge in [0.05, 0.1) is 22.6 Å². The standard InChI is InChI=1S/C32H25N3O2/c1-23-6-14-29(15-7-23)34-35-30-18-16-28(17-19-30)33-22-24-8-20-31(21-9-24)37-32(36)27-12-10-26(11-13-27)25-4-2-3-5-25/h2-4,6-22H,5H2,1H3. The molecule has 0 heterocycles. The van der Waals surface area contributed by atoms with E-state index in [0.29, 0.717) is 11.3 Å². The second-order valence-electron chi connectivity index (χ2n) is 8.67. The molecule has 0 amide bonds. The summed E-state index contributed by atoms with van der Waals surface area (Å²) in [7, 11) is 0. The van der Waals surface area contributed by atoms with E-state index in [1.807, 2.05) is 85.8 Å². The molecule has 0 aliphatic heterocycles. The molecule has 5 nitrogen and oxygen atoms in total. The summed E-state index contributed by atoms with van der Waals surface area (Å²) in [6, 6.07) is 30.2. The third-order valence-electron chi connectivity index (χ3n) is 5.88. The number of carbonyl (C=O) groups is 1. The second kappa shape index (κ2) is 11.2. The van der Waals surface area contributed by atoms with Gasteiger partial charge in [-0.3, -0.25) is 4.99 Å². The first-order chi connectivity index (χ1) is 18.1. The summed E-state index contributed by atoms with van der Waals surface area (Å²) in [5.74, 6) is 0.100. The lowest BCUT2D eigenvalue weighted by Crippen LogP contribution is -2.08. The maximum absolute atomic E-state index is 12.5. The fourth-order valence-corrected chi connectivity index (χ4v) is 3.75. The Labute approximate surface area is 216 Å². The van der Waals surface area contributed by atoms with E-state index in [2.05, 4.69) is 27.4 Å². The molecule has 0 saturated carbocycles. The lowest BCUT2D eigenvalue weighted by atomic mass is 10.0. The van der Waals surface area contributed by atoms with Gasteiger partial charge in [-0.05, 0) is 103 Å². The molecule has 4 aromatic rings. The number of nitrogens with zero attached hydrogens (tertiary/aromatic N) is 3. The van der Waals surface area contributed by atoms with Crippen LogP contribution in [0.5, 0.6) is 5.75 Å². The maximum atomic E-state index is 12.5. The minimum Gasteiger partial charge on any atom is -0.423 e. The highest BCUT2D eigenvalue weighted by Crippen LogP contribution is 2.24. The molecule has 5 heteroatoms. The number of aliphatic imine (C=N–C) groups is 1.